The van der Waals surface area contributed by atoms with Gasteiger partial charge in [-0.15, -0.1) is 5.10 Å². The third-order valence-corrected chi connectivity index (χ3v) is 10.1. The minimum Gasteiger partial charge on any atom is -0.497 e. The van der Waals surface area contributed by atoms with Crippen LogP contribution in [-0.4, -0.2) is 73.6 Å². The van der Waals surface area contributed by atoms with Crippen LogP contribution in [-0.2, 0) is 20.1 Å². The van der Waals surface area contributed by atoms with E-state index in [4.69, 9.17) is 21.1 Å². The Bertz CT molecular complexity index is 1480. The van der Waals surface area contributed by atoms with Gasteiger partial charge in [0.1, 0.15) is 11.6 Å². The van der Waals surface area contributed by atoms with E-state index in [1.165, 1.54) is 12.0 Å². The number of rotatable bonds is 12. The molecule has 1 saturated heterocycles. The highest BCUT2D eigenvalue weighted by Crippen LogP contribution is 2.35. The van der Waals surface area contributed by atoms with E-state index in [2.05, 4.69) is 57.3 Å². The molecule has 0 atom stereocenters. The third-order valence-electron chi connectivity index (χ3n) is 9.89. The van der Waals surface area contributed by atoms with Crippen LogP contribution in [0.2, 0.25) is 5.02 Å². The lowest BCUT2D eigenvalue weighted by atomic mass is 9.88. The van der Waals surface area contributed by atoms with Crippen LogP contribution in [0.5, 0.6) is 11.6 Å². The molecule has 0 unspecified atom stereocenters. The number of methoxy groups -OCH3 is 2. The summed E-state index contributed by atoms with van der Waals surface area (Å²) >= 11 is 6.70. The lowest BCUT2D eigenvalue weighted by Crippen LogP contribution is -2.43. The van der Waals surface area contributed by atoms with Crippen LogP contribution in [0.3, 0.4) is 0 Å². The molecule has 0 bridgehead atoms. The van der Waals surface area contributed by atoms with Gasteiger partial charge in [0, 0.05) is 61.6 Å². The van der Waals surface area contributed by atoms with Gasteiger partial charge >= 0.3 is 0 Å². The van der Waals surface area contributed by atoms with Crippen molar-refractivity contribution in [3.63, 3.8) is 0 Å². The minimum atomic E-state index is -0.143. The number of benzene rings is 2. The molecule has 5 rings (SSSR count). The average Bonchev–Trinajstić information content (AvgIpc) is 3.40. The second-order valence-corrected chi connectivity index (χ2v) is 13.2. The molecule has 3 aromatic rings. The molecule has 2 aromatic carbocycles. The van der Waals surface area contributed by atoms with Gasteiger partial charge in [-0.25, -0.2) is 4.68 Å². The number of nitrogens with zero attached hydrogens (tertiary/aromatic N) is 5. The van der Waals surface area contributed by atoms with Crippen LogP contribution in [0.25, 0.3) is 0 Å². The van der Waals surface area contributed by atoms with Gasteiger partial charge in [-0.2, -0.15) is 0 Å². The molecule has 2 fully saturated rings. The van der Waals surface area contributed by atoms with Crippen molar-refractivity contribution in [3.8, 4) is 11.6 Å². The summed E-state index contributed by atoms with van der Waals surface area (Å²) in [7, 11) is 7.51. The fourth-order valence-electron chi connectivity index (χ4n) is 7.44. The smallest absolute Gasteiger partial charge is 0.251 e. The van der Waals surface area contributed by atoms with Gasteiger partial charge in [0.15, 0.2) is 0 Å². The minimum absolute atomic E-state index is 0.143. The number of piperidine rings is 1. The first kappa shape index (κ1) is 33.9. The summed E-state index contributed by atoms with van der Waals surface area (Å²) in [5.41, 5.74) is 4.78. The number of aromatic nitrogens is 2. The van der Waals surface area contributed by atoms with Crippen LogP contribution in [0.1, 0.15) is 78.9 Å². The van der Waals surface area contributed by atoms with Gasteiger partial charge in [-0.1, -0.05) is 23.7 Å². The number of hydrogen-bond donors (Lipinski definition) is 1. The van der Waals surface area contributed by atoms with Crippen molar-refractivity contribution in [2.75, 3.05) is 50.7 Å². The van der Waals surface area contributed by atoms with E-state index in [0.29, 0.717) is 35.1 Å². The summed E-state index contributed by atoms with van der Waals surface area (Å²) < 4.78 is 12.9. The molecule has 10 heteroatoms. The van der Waals surface area contributed by atoms with Crippen molar-refractivity contribution >= 4 is 29.0 Å². The maximum atomic E-state index is 13.7. The normalized spacial score (nSPS) is 18.5. The Labute approximate surface area is 279 Å². The number of hydrogen-bond acceptors (Lipinski definition) is 7. The van der Waals surface area contributed by atoms with Crippen LogP contribution in [0, 0.1) is 6.92 Å². The molecule has 250 valence electrons. The highest BCUT2D eigenvalue weighted by molar-refractivity contribution is 6.31. The predicted molar refractivity (Wildman–Crippen MR) is 187 cm³/mol. The molecule has 0 radical (unpaired) electrons. The SMILES string of the molecule is CCN(c1cc(Cl)cc(C(=O)NCc2c(OC)nn(C)c2N2CCCCC2)c1C)C1CCC(N(C)Cc2cccc(OC)c2)CC1. The van der Waals surface area contributed by atoms with Gasteiger partial charge in [-0.05, 0) is 101 Å². The van der Waals surface area contributed by atoms with Crippen molar-refractivity contribution in [3.05, 3.63) is 63.7 Å². The Hall–Kier alpha value is -3.43. The highest BCUT2D eigenvalue weighted by Gasteiger charge is 2.30. The fraction of sp³-hybridized carbons (Fsp3) is 0.556. The van der Waals surface area contributed by atoms with Crippen LogP contribution < -0.4 is 24.6 Å². The van der Waals surface area contributed by atoms with E-state index in [1.807, 2.05) is 30.8 Å². The summed E-state index contributed by atoms with van der Waals surface area (Å²) in [6.45, 7) is 8.28. The number of nitrogens with one attached hydrogen (secondary N) is 1. The van der Waals surface area contributed by atoms with Gasteiger partial charge in [0.05, 0.1) is 26.3 Å². The summed E-state index contributed by atoms with van der Waals surface area (Å²) in [5.74, 6) is 2.32. The number of amides is 1. The zero-order valence-electron chi connectivity index (χ0n) is 28.4. The first-order chi connectivity index (χ1) is 22.2. The lowest BCUT2D eigenvalue weighted by Gasteiger charge is -2.41. The van der Waals surface area contributed by atoms with Gasteiger partial charge < -0.3 is 24.6 Å². The van der Waals surface area contributed by atoms with Crippen LogP contribution >= 0.6 is 11.6 Å². The first-order valence-electron chi connectivity index (χ1n) is 16.8. The standard InChI is InChI=1S/C36H51ClN6O3/c1-7-43(29-16-14-28(15-17-29)40(3)24-26-12-11-13-30(20-26)45-5)33-22-27(37)21-31(25(33)2)34(44)38-23-32-35(46-6)39-41(4)36(32)42-18-9-8-10-19-42/h11-13,20-22,28-29H,7-10,14-19,23-24H2,1-6H3,(H,38,44). The zero-order chi connectivity index (χ0) is 32.8. The Morgan fingerprint density at radius 3 is 2.43 bits per heavy atom. The molecule has 46 heavy (non-hydrogen) atoms. The number of carbonyl (C=O) groups is 1. The van der Waals surface area contributed by atoms with E-state index in [0.717, 1.165) is 93.1 Å². The number of halogens is 1. The van der Waals surface area contributed by atoms with E-state index >= 15 is 0 Å². The summed E-state index contributed by atoms with van der Waals surface area (Å²) in [6, 6.07) is 13.1. The molecule has 0 spiro atoms. The Morgan fingerprint density at radius 1 is 1.04 bits per heavy atom. The molecular formula is C36H51ClN6O3. The number of anilines is 2. The third kappa shape index (κ3) is 7.58. The van der Waals surface area contributed by atoms with Crippen molar-refractivity contribution < 1.29 is 14.3 Å². The first-order valence-corrected chi connectivity index (χ1v) is 17.1. The second-order valence-electron chi connectivity index (χ2n) is 12.8. The average molecular weight is 651 g/mol. The van der Waals surface area contributed by atoms with Crippen LogP contribution in [0.15, 0.2) is 36.4 Å². The molecule has 2 heterocycles. The van der Waals surface area contributed by atoms with Crippen molar-refractivity contribution in [2.45, 2.75) is 84.0 Å². The Morgan fingerprint density at radius 2 is 1.76 bits per heavy atom. The van der Waals surface area contributed by atoms with E-state index in [9.17, 15) is 4.79 Å². The van der Waals surface area contributed by atoms with E-state index < -0.39 is 0 Å². The van der Waals surface area contributed by atoms with Crippen LogP contribution in [0.4, 0.5) is 11.5 Å². The summed E-state index contributed by atoms with van der Waals surface area (Å²) in [5, 5.41) is 8.34. The largest absolute Gasteiger partial charge is 0.497 e. The molecule has 1 aliphatic carbocycles. The zero-order valence-corrected chi connectivity index (χ0v) is 29.2. The Balaban J connectivity index is 1.26. The molecule has 1 aliphatic heterocycles. The summed E-state index contributed by atoms with van der Waals surface area (Å²) in [6.07, 6.45) is 7.98. The van der Waals surface area contributed by atoms with Crippen molar-refractivity contribution in [1.82, 2.24) is 20.0 Å². The van der Waals surface area contributed by atoms with Gasteiger partial charge in [0.2, 0.25) is 5.88 Å². The molecular weight excluding hydrogens is 600 g/mol. The second kappa shape index (κ2) is 15.4. The summed E-state index contributed by atoms with van der Waals surface area (Å²) in [4.78, 5) is 21.0. The van der Waals surface area contributed by atoms with Gasteiger partial charge in [-0.3, -0.25) is 9.69 Å². The monoisotopic (exact) mass is 650 g/mol. The fourth-order valence-corrected chi connectivity index (χ4v) is 7.65. The quantitative estimate of drug-likeness (QED) is 0.237. The maximum absolute atomic E-state index is 13.7. The molecule has 2 aliphatic rings. The van der Waals surface area contributed by atoms with Gasteiger partial charge in [0.25, 0.3) is 5.91 Å². The predicted octanol–water partition coefficient (Wildman–Crippen LogP) is 6.59. The van der Waals surface area contributed by atoms with Crippen molar-refractivity contribution in [2.24, 2.45) is 7.05 Å². The topological polar surface area (TPSA) is 75.1 Å². The molecule has 1 amide bonds. The van der Waals surface area contributed by atoms with E-state index in [1.54, 1.807) is 20.3 Å². The lowest BCUT2D eigenvalue weighted by molar-refractivity contribution is 0.0950. The van der Waals surface area contributed by atoms with E-state index in [-0.39, 0.29) is 5.91 Å². The number of ether oxygens (including phenoxy) is 2. The number of aryl methyl sites for hydroxylation is 1. The molecule has 9 nitrogen and oxygen atoms in total. The molecule has 1 N–H and O–H groups in total. The number of carbonyl (C=O) groups excluding carboxylic acids is 1. The Kier molecular flexibility index (Phi) is 11.4. The molecule has 1 aromatic heterocycles. The molecule has 1 saturated carbocycles. The highest BCUT2D eigenvalue weighted by atomic mass is 35.5. The maximum Gasteiger partial charge on any atom is 0.251 e. The van der Waals surface area contributed by atoms with Crippen molar-refractivity contribution in [1.29, 1.82) is 0 Å².